The van der Waals surface area contributed by atoms with Crippen molar-refractivity contribution in [2.75, 3.05) is 62.5 Å². The standard InChI is InChI=1S/C34H43N5O6/c1-34(2,3)45-33(42)37-30-9-6-5-8-29(30)36-31(40)26-12-10-25(11-13-26)24-39(19-7-18-38-20-22-44-23-21-38)32(41)35-27-14-16-28(43-4)17-15-27/h5-6,8-17H,7,18-24H2,1-4H3,(H,35,41)(H,36,40)(H,37,42). The molecule has 3 aromatic rings. The highest BCUT2D eigenvalue weighted by Crippen LogP contribution is 2.23. The van der Waals surface area contributed by atoms with E-state index in [-0.39, 0.29) is 11.9 Å². The number of ether oxygens (including phenoxy) is 3. The highest BCUT2D eigenvalue weighted by Gasteiger charge is 2.19. The SMILES string of the molecule is COc1ccc(NC(=O)N(CCCN2CCOCC2)Cc2ccc(C(=O)Nc3ccccc3NC(=O)OC(C)(C)C)cc2)cc1. The molecule has 4 rings (SSSR count). The summed E-state index contributed by atoms with van der Waals surface area (Å²) in [6.07, 6.45) is 0.201. The van der Waals surface area contributed by atoms with E-state index in [1.165, 1.54) is 0 Å². The van der Waals surface area contributed by atoms with Gasteiger partial charge in [-0.15, -0.1) is 0 Å². The Morgan fingerprint density at radius 1 is 0.867 bits per heavy atom. The van der Waals surface area contributed by atoms with Crippen molar-refractivity contribution in [1.29, 1.82) is 0 Å². The van der Waals surface area contributed by atoms with Gasteiger partial charge in [-0.05, 0) is 81.3 Å². The van der Waals surface area contributed by atoms with Gasteiger partial charge in [0.1, 0.15) is 11.4 Å². The van der Waals surface area contributed by atoms with Crippen LogP contribution in [0, 0.1) is 0 Å². The van der Waals surface area contributed by atoms with Gasteiger partial charge in [-0.3, -0.25) is 15.0 Å². The summed E-state index contributed by atoms with van der Waals surface area (Å²) in [5.41, 5.74) is 2.21. The number of carbonyl (C=O) groups excluding carboxylic acids is 3. The molecule has 11 nitrogen and oxygen atoms in total. The average Bonchev–Trinajstić information content (AvgIpc) is 3.02. The molecule has 45 heavy (non-hydrogen) atoms. The van der Waals surface area contributed by atoms with Crippen LogP contribution in [0.3, 0.4) is 0 Å². The molecule has 0 aromatic heterocycles. The third-order valence-electron chi connectivity index (χ3n) is 7.04. The van der Waals surface area contributed by atoms with E-state index in [9.17, 15) is 14.4 Å². The summed E-state index contributed by atoms with van der Waals surface area (Å²) >= 11 is 0. The van der Waals surface area contributed by atoms with E-state index >= 15 is 0 Å². The number of morpholine rings is 1. The second kappa shape index (κ2) is 15.9. The van der Waals surface area contributed by atoms with Crippen LogP contribution in [0.1, 0.15) is 43.1 Å². The number of hydrogen-bond donors (Lipinski definition) is 3. The Hall–Kier alpha value is -4.61. The van der Waals surface area contributed by atoms with Crippen molar-refractivity contribution < 1.29 is 28.6 Å². The van der Waals surface area contributed by atoms with Crippen molar-refractivity contribution in [1.82, 2.24) is 9.80 Å². The van der Waals surface area contributed by atoms with Gasteiger partial charge < -0.3 is 29.7 Å². The summed E-state index contributed by atoms with van der Waals surface area (Å²) in [5, 5.41) is 8.54. The molecule has 4 amide bonds. The van der Waals surface area contributed by atoms with Crippen LogP contribution in [0.25, 0.3) is 0 Å². The first kappa shape index (κ1) is 33.3. The second-order valence-electron chi connectivity index (χ2n) is 11.7. The van der Waals surface area contributed by atoms with Gasteiger partial charge in [0.2, 0.25) is 0 Å². The fraction of sp³-hybridized carbons (Fsp3) is 0.382. The molecule has 11 heteroatoms. The van der Waals surface area contributed by atoms with E-state index in [1.807, 2.05) is 12.1 Å². The van der Waals surface area contributed by atoms with Crippen molar-refractivity contribution in [3.63, 3.8) is 0 Å². The minimum Gasteiger partial charge on any atom is -0.497 e. The monoisotopic (exact) mass is 617 g/mol. The summed E-state index contributed by atoms with van der Waals surface area (Å²) in [6.45, 7) is 10.4. The lowest BCUT2D eigenvalue weighted by molar-refractivity contribution is 0.0365. The lowest BCUT2D eigenvalue weighted by Crippen LogP contribution is -2.40. The molecule has 0 radical (unpaired) electrons. The number of rotatable bonds is 11. The van der Waals surface area contributed by atoms with Crippen molar-refractivity contribution in [2.24, 2.45) is 0 Å². The number of nitrogens with zero attached hydrogens (tertiary/aromatic N) is 2. The molecular formula is C34H43N5O6. The highest BCUT2D eigenvalue weighted by molar-refractivity contribution is 6.06. The number of para-hydroxylation sites is 2. The maximum absolute atomic E-state index is 13.4. The third kappa shape index (κ3) is 10.8. The van der Waals surface area contributed by atoms with E-state index < -0.39 is 11.7 Å². The zero-order valence-corrected chi connectivity index (χ0v) is 26.4. The quantitative estimate of drug-likeness (QED) is 0.240. The summed E-state index contributed by atoms with van der Waals surface area (Å²) in [4.78, 5) is 42.9. The van der Waals surface area contributed by atoms with Crippen LogP contribution in [0.2, 0.25) is 0 Å². The number of amides is 4. The summed E-state index contributed by atoms with van der Waals surface area (Å²) in [5.74, 6) is 0.377. The van der Waals surface area contributed by atoms with Crippen LogP contribution in [0.4, 0.5) is 26.7 Å². The average molecular weight is 618 g/mol. The maximum Gasteiger partial charge on any atom is 0.412 e. The van der Waals surface area contributed by atoms with Crippen molar-refractivity contribution >= 4 is 35.1 Å². The predicted octanol–water partition coefficient (Wildman–Crippen LogP) is 6.05. The minimum absolute atomic E-state index is 0.210. The number of benzene rings is 3. The van der Waals surface area contributed by atoms with Gasteiger partial charge >= 0.3 is 12.1 Å². The molecule has 0 atom stereocenters. The van der Waals surface area contributed by atoms with Crippen molar-refractivity contribution in [3.8, 4) is 5.75 Å². The van der Waals surface area contributed by atoms with Gasteiger partial charge in [0.15, 0.2) is 0 Å². The molecule has 0 spiro atoms. The lowest BCUT2D eigenvalue weighted by Gasteiger charge is -2.28. The fourth-order valence-electron chi connectivity index (χ4n) is 4.73. The summed E-state index contributed by atoms with van der Waals surface area (Å²) in [7, 11) is 1.60. The third-order valence-corrected chi connectivity index (χ3v) is 7.04. The molecule has 1 fully saturated rings. The van der Waals surface area contributed by atoms with Crippen molar-refractivity contribution in [2.45, 2.75) is 39.3 Å². The zero-order chi connectivity index (χ0) is 32.2. The van der Waals surface area contributed by atoms with E-state index in [0.717, 1.165) is 44.8 Å². The molecule has 1 aliphatic rings. The molecule has 1 saturated heterocycles. The molecule has 1 aliphatic heterocycles. The molecular weight excluding hydrogens is 574 g/mol. The van der Waals surface area contributed by atoms with Gasteiger partial charge in [-0.1, -0.05) is 24.3 Å². The van der Waals surface area contributed by atoms with E-state index in [0.29, 0.717) is 41.5 Å². The predicted molar refractivity (Wildman–Crippen MR) is 175 cm³/mol. The van der Waals surface area contributed by atoms with Crippen LogP contribution >= 0.6 is 0 Å². The first-order valence-corrected chi connectivity index (χ1v) is 15.1. The lowest BCUT2D eigenvalue weighted by atomic mass is 10.1. The Bertz CT molecular complexity index is 1420. The molecule has 1 heterocycles. The van der Waals surface area contributed by atoms with Crippen LogP contribution < -0.4 is 20.7 Å². The minimum atomic E-state index is -0.654. The Morgan fingerprint density at radius 3 is 2.13 bits per heavy atom. The van der Waals surface area contributed by atoms with Crippen LogP contribution in [-0.2, 0) is 16.0 Å². The van der Waals surface area contributed by atoms with Crippen molar-refractivity contribution in [3.05, 3.63) is 83.9 Å². The Labute approximate surface area is 264 Å². The van der Waals surface area contributed by atoms with Gasteiger partial charge in [-0.25, -0.2) is 9.59 Å². The number of urea groups is 1. The smallest absolute Gasteiger partial charge is 0.412 e. The Balaban J connectivity index is 1.40. The number of anilines is 3. The molecule has 3 aromatic carbocycles. The molecule has 0 aliphatic carbocycles. The maximum atomic E-state index is 13.4. The molecule has 0 unspecified atom stereocenters. The zero-order valence-electron chi connectivity index (χ0n) is 26.4. The number of hydrogen-bond acceptors (Lipinski definition) is 7. The molecule has 3 N–H and O–H groups in total. The Kier molecular flexibility index (Phi) is 11.8. The van der Waals surface area contributed by atoms with Crippen LogP contribution in [-0.4, -0.2) is 79.9 Å². The highest BCUT2D eigenvalue weighted by atomic mass is 16.6. The van der Waals surface area contributed by atoms with Gasteiger partial charge in [0, 0.05) is 44.0 Å². The molecule has 240 valence electrons. The van der Waals surface area contributed by atoms with E-state index in [1.54, 1.807) is 93.4 Å². The summed E-state index contributed by atoms with van der Waals surface area (Å²) in [6, 6.07) is 21.0. The van der Waals surface area contributed by atoms with Gasteiger partial charge in [0.05, 0.1) is 31.7 Å². The topological polar surface area (TPSA) is 121 Å². The Morgan fingerprint density at radius 2 is 1.51 bits per heavy atom. The molecule has 0 saturated carbocycles. The number of methoxy groups -OCH3 is 1. The normalized spacial score (nSPS) is 13.4. The first-order chi connectivity index (χ1) is 21.6. The van der Waals surface area contributed by atoms with Gasteiger partial charge in [0.25, 0.3) is 5.91 Å². The number of carbonyl (C=O) groups is 3. The van der Waals surface area contributed by atoms with Gasteiger partial charge in [-0.2, -0.15) is 0 Å². The number of nitrogens with one attached hydrogen (secondary N) is 3. The molecule has 0 bridgehead atoms. The van der Waals surface area contributed by atoms with Crippen LogP contribution in [0.5, 0.6) is 5.75 Å². The second-order valence-corrected chi connectivity index (χ2v) is 11.7. The largest absolute Gasteiger partial charge is 0.497 e. The fourth-order valence-corrected chi connectivity index (χ4v) is 4.73. The van der Waals surface area contributed by atoms with Crippen LogP contribution in [0.15, 0.2) is 72.8 Å². The first-order valence-electron chi connectivity index (χ1n) is 15.1. The summed E-state index contributed by atoms with van der Waals surface area (Å²) < 4.78 is 16.0. The van der Waals surface area contributed by atoms with E-state index in [4.69, 9.17) is 14.2 Å². The van der Waals surface area contributed by atoms with E-state index in [2.05, 4.69) is 20.9 Å².